The summed E-state index contributed by atoms with van der Waals surface area (Å²) < 4.78 is 16.1. The summed E-state index contributed by atoms with van der Waals surface area (Å²) >= 11 is 0. The van der Waals surface area contributed by atoms with Gasteiger partial charge >= 0.3 is 17.2 Å². The summed E-state index contributed by atoms with van der Waals surface area (Å²) in [5.74, 6) is 0.684. The summed E-state index contributed by atoms with van der Waals surface area (Å²) in [6, 6.07) is 4.14. The van der Waals surface area contributed by atoms with E-state index in [0.717, 1.165) is 16.7 Å². The highest BCUT2D eigenvalue weighted by atomic mass is 31.2. The molecular weight excluding hydrogens is 430 g/mol. The molecule has 1 aromatic rings. The molecule has 0 fully saturated rings. The molecule has 0 saturated carbocycles. The first-order valence-corrected chi connectivity index (χ1v) is 12.0. The van der Waals surface area contributed by atoms with Gasteiger partial charge in [-0.2, -0.15) is 0 Å². The normalized spacial score (nSPS) is 13.4. The highest BCUT2D eigenvalue weighted by Gasteiger charge is 2.36. The molecule has 0 radical (unpaired) electrons. The topological polar surface area (TPSA) is 129 Å². The minimum atomic E-state index is -2.66. The van der Waals surface area contributed by atoms with Crippen LogP contribution in [0.1, 0.15) is 58.2 Å². The van der Waals surface area contributed by atoms with E-state index in [0.29, 0.717) is 5.75 Å². The standard InChI is InChI=1S/C20H36O8P2/c1-14-8-15(18(2,3)4)17(16(9-14)19(5,6)7)26-11-20(10-21,12-27-29(22)23)13-28-30(24)25/h8-9,21-25H,10-13H2,1-7H3. The molecule has 8 nitrogen and oxygen atoms in total. The van der Waals surface area contributed by atoms with E-state index in [1.54, 1.807) is 0 Å². The van der Waals surface area contributed by atoms with Crippen molar-refractivity contribution in [2.45, 2.75) is 59.3 Å². The van der Waals surface area contributed by atoms with E-state index in [1.807, 2.05) is 6.92 Å². The molecule has 0 aliphatic carbocycles. The van der Waals surface area contributed by atoms with E-state index in [1.165, 1.54) is 0 Å². The number of benzene rings is 1. The molecule has 30 heavy (non-hydrogen) atoms. The number of ether oxygens (including phenoxy) is 1. The van der Waals surface area contributed by atoms with E-state index in [4.69, 9.17) is 33.4 Å². The second kappa shape index (κ2) is 11.0. The van der Waals surface area contributed by atoms with Crippen LogP contribution in [0.3, 0.4) is 0 Å². The van der Waals surface area contributed by atoms with Crippen LogP contribution in [0.25, 0.3) is 0 Å². The van der Waals surface area contributed by atoms with Crippen LogP contribution in [0.4, 0.5) is 0 Å². The Hall–Kier alpha value is -0.400. The number of aryl methyl sites for hydroxylation is 1. The first kappa shape index (κ1) is 27.6. The van der Waals surface area contributed by atoms with Crippen LogP contribution in [0.15, 0.2) is 12.1 Å². The van der Waals surface area contributed by atoms with Gasteiger partial charge in [-0.05, 0) is 17.8 Å². The lowest BCUT2D eigenvalue weighted by molar-refractivity contribution is -0.0169. The highest BCUT2D eigenvalue weighted by Crippen LogP contribution is 2.42. The van der Waals surface area contributed by atoms with Crippen LogP contribution in [-0.2, 0) is 19.9 Å². The van der Waals surface area contributed by atoms with Gasteiger partial charge in [-0.1, -0.05) is 59.2 Å². The molecule has 0 aromatic heterocycles. The van der Waals surface area contributed by atoms with Crippen molar-refractivity contribution in [2.24, 2.45) is 5.41 Å². The van der Waals surface area contributed by atoms with Gasteiger partial charge < -0.3 is 38.5 Å². The number of hydrogen-bond acceptors (Lipinski definition) is 8. The molecule has 174 valence electrons. The molecule has 1 aromatic carbocycles. The zero-order chi connectivity index (χ0) is 23.3. The van der Waals surface area contributed by atoms with Gasteiger partial charge in [0.25, 0.3) is 0 Å². The van der Waals surface area contributed by atoms with Crippen LogP contribution in [0.2, 0.25) is 0 Å². The fraction of sp³-hybridized carbons (Fsp3) is 0.700. The van der Waals surface area contributed by atoms with Crippen molar-refractivity contribution >= 4 is 17.2 Å². The van der Waals surface area contributed by atoms with E-state index in [2.05, 4.69) is 53.7 Å². The van der Waals surface area contributed by atoms with Crippen molar-refractivity contribution in [2.75, 3.05) is 26.4 Å². The first-order chi connectivity index (χ1) is 13.6. The van der Waals surface area contributed by atoms with Gasteiger partial charge in [-0.15, -0.1) is 0 Å². The van der Waals surface area contributed by atoms with Crippen LogP contribution >= 0.6 is 17.2 Å². The average Bonchev–Trinajstić information content (AvgIpc) is 2.60. The molecule has 0 aliphatic rings. The summed E-state index contributed by atoms with van der Waals surface area (Å²) in [7, 11) is -5.31. The lowest BCUT2D eigenvalue weighted by Crippen LogP contribution is -2.41. The Morgan fingerprint density at radius 1 is 0.767 bits per heavy atom. The van der Waals surface area contributed by atoms with Crippen molar-refractivity contribution in [3.63, 3.8) is 0 Å². The minimum absolute atomic E-state index is 0.0922. The SMILES string of the molecule is Cc1cc(C(C)(C)C)c(OCC(CO)(COP(O)O)COP(O)O)c(C(C)(C)C)c1. The van der Waals surface area contributed by atoms with Crippen LogP contribution in [0, 0.1) is 12.3 Å². The van der Waals surface area contributed by atoms with Crippen molar-refractivity contribution in [3.05, 3.63) is 28.8 Å². The van der Waals surface area contributed by atoms with Gasteiger partial charge in [0.2, 0.25) is 0 Å². The Morgan fingerprint density at radius 3 is 1.47 bits per heavy atom. The fourth-order valence-corrected chi connectivity index (χ4v) is 3.70. The summed E-state index contributed by atoms with van der Waals surface area (Å²) in [4.78, 5) is 36.6. The third-order valence-corrected chi connectivity index (χ3v) is 5.40. The van der Waals surface area contributed by atoms with E-state index in [9.17, 15) is 5.11 Å². The predicted octanol–water partition coefficient (Wildman–Crippen LogP) is 3.40. The lowest BCUT2D eigenvalue weighted by Gasteiger charge is -2.35. The summed E-state index contributed by atoms with van der Waals surface area (Å²) in [6.45, 7) is 13.4. The molecule has 0 spiro atoms. The highest BCUT2D eigenvalue weighted by molar-refractivity contribution is 7.39. The molecule has 5 N–H and O–H groups in total. The molecular formula is C20H36O8P2. The molecule has 0 amide bonds. The maximum Gasteiger partial charge on any atom is 0.327 e. The summed E-state index contributed by atoms with van der Waals surface area (Å²) in [5.41, 5.74) is 1.44. The van der Waals surface area contributed by atoms with Gasteiger partial charge in [-0.25, -0.2) is 0 Å². The zero-order valence-corrected chi connectivity index (χ0v) is 20.6. The first-order valence-electron chi connectivity index (χ1n) is 9.62. The van der Waals surface area contributed by atoms with Gasteiger partial charge in [0.15, 0.2) is 0 Å². The average molecular weight is 466 g/mol. The van der Waals surface area contributed by atoms with Crippen molar-refractivity contribution < 1.29 is 38.5 Å². The van der Waals surface area contributed by atoms with E-state index >= 15 is 0 Å². The molecule has 1 rings (SSSR count). The van der Waals surface area contributed by atoms with Gasteiger partial charge in [-0.3, -0.25) is 0 Å². The zero-order valence-electron chi connectivity index (χ0n) is 18.8. The fourth-order valence-electron chi connectivity index (χ4n) is 2.92. The molecule has 0 saturated heterocycles. The number of aliphatic hydroxyl groups is 1. The maximum atomic E-state index is 10.0. The third kappa shape index (κ3) is 8.27. The maximum absolute atomic E-state index is 10.0. The second-order valence-electron chi connectivity index (χ2n) is 9.69. The third-order valence-electron chi connectivity index (χ3n) is 4.68. The summed E-state index contributed by atoms with van der Waals surface area (Å²) in [6.07, 6.45) is 0. The smallest absolute Gasteiger partial charge is 0.327 e. The van der Waals surface area contributed by atoms with Crippen molar-refractivity contribution in [3.8, 4) is 5.75 Å². The second-order valence-corrected chi connectivity index (χ2v) is 11.2. The Kier molecular flexibility index (Phi) is 10.1. The largest absolute Gasteiger partial charge is 0.492 e. The van der Waals surface area contributed by atoms with Crippen molar-refractivity contribution in [1.82, 2.24) is 0 Å². The molecule has 0 aliphatic heterocycles. The molecule has 0 unspecified atom stereocenters. The van der Waals surface area contributed by atoms with Gasteiger partial charge in [0.1, 0.15) is 12.4 Å². The van der Waals surface area contributed by atoms with Crippen molar-refractivity contribution in [1.29, 1.82) is 0 Å². The predicted molar refractivity (Wildman–Crippen MR) is 118 cm³/mol. The Bertz CT molecular complexity index is 633. The summed E-state index contributed by atoms with van der Waals surface area (Å²) in [5, 5.41) is 10.0. The Morgan fingerprint density at radius 2 is 1.17 bits per heavy atom. The lowest BCUT2D eigenvalue weighted by atomic mass is 9.78. The number of hydrogen-bond donors (Lipinski definition) is 5. The monoisotopic (exact) mass is 466 g/mol. The molecule has 0 bridgehead atoms. The van der Waals surface area contributed by atoms with Crippen LogP contribution in [0.5, 0.6) is 5.75 Å². The quantitative estimate of drug-likeness (QED) is 0.332. The molecule has 0 heterocycles. The number of rotatable bonds is 10. The van der Waals surface area contributed by atoms with E-state index in [-0.39, 0.29) is 30.7 Å². The van der Waals surface area contributed by atoms with Gasteiger partial charge in [0.05, 0.1) is 25.2 Å². The molecule has 10 heteroatoms. The van der Waals surface area contributed by atoms with Crippen LogP contribution in [-0.4, -0.2) is 51.1 Å². The van der Waals surface area contributed by atoms with Gasteiger partial charge in [0, 0.05) is 11.1 Å². The number of aliphatic hydroxyl groups excluding tert-OH is 1. The van der Waals surface area contributed by atoms with Crippen LogP contribution < -0.4 is 4.74 Å². The van der Waals surface area contributed by atoms with E-state index < -0.39 is 29.2 Å². The Balaban J connectivity index is 3.38. The minimum Gasteiger partial charge on any atom is -0.492 e. The molecule has 0 atom stereocenters. The Labute approximate surface area is 181 Å².